The molecule has 0 aromatic heterocycles. The minimum atomic E-state index is 0.289. The Morgan fingerprint density at radius 2 is 2.20 bits per heavy atom. The molecule has 58 valence electrons. The first-order valence-corrected chi connectivity index (χ1v) is 5.66. The Kier molecular flexibility index (Phi) is 3.63. The molecule has 0 saturated carbocycles. The van der Waals surface area contributed by atoms with Crippen LogP contribution < -0.4 is 0 Å². The Balaban J connectivity index is 2.36. The highest BCUT2D eigenvalue weighted by atomic mass is 32.2. The van der Waals surface area contributed by atoms with Crippen LogP contribution in [-0.2, 0) is 4.79 Å². The molecule has 1 fully saturated rings. The predicted octanol–water partition coefficient (Wildman–Crippen LogP) is 2.02. The molecule has 10 heavy (non-hydrogen) atoms. The first-order chi connectivity index (χ1) is 4.88. The Morgan fingerprint density at radius 1 is 1.60 bits per heavy atom. The van der Waals surface area contributed by atoms with E-state index in [4.69, 9.17) is 0 Å². The second kappa shape index (κ2) is 4.29. The summed E-state index contributed by atoms with van der Waals surface area (Å²) < 4.78 is 0.558. The number of carbonyl (C=O) groups is 1. The lowest BCUT2D eigenvalue weighted by Crippen LogP contribution is -2.11. The molecule has 1 rings (SSSR count). The molecule has 3 heteroatoms. The van der Waals surface area contributed by atoms with Crippen molar-refractivity contribution in [1.29, 1.82) is 0 Å². The van der Waals surface area contributed by atoms with Crippen molar-refractivity contribution in [2.45, 2.75) is 17.9 Å². The van der Waals surface area contributed by atoms with Crippen molar-refractivity contribution in [2.75, 3.05) is 11.5 Å². The van der Waals surface area contributed by atoms with E-state index in [9.17, 15) is 4.79 Å². The molecule has 0 N–H and O–H groups in total. The van der Waals surface area contributed by atoms with Gasteiger partial charge in [-0.25, -0.2) is 0 Å². The van der Waals surface area contributed by atoms with Gasteiger partial charge < -0.3 is 4.79 Å². The molecular weight excluding hydrogens is 164 g/mol. The van der Waals surface area contributed by atoms with Gasteiger partial charge >= 0.3 is 0 Å². The van der Waals surface area contributed by atoms with Crippen molar-refractivity contribution in [3.05, 3.63) is 0 Å². The van der Waals surface area contributed by atoms with Crippen molar-refractivity contribution in [2.24, 2.45) is 5.92 Å². The summed E-state index contributed by atoms with van der Waals surface area (Å²) in [4.78, 5) is 10.5. The van der Waals surface area contributed by atoms with Crippen LogP contribution in [0.5, 0.6) is 0 Å². The Hall–Kier alpha value is 0.370. The van der Waals surface area contributed by atoms with E-state index in [0.717, 1.165) is 12.7 Å². The van der Waals surface area contributed by atoms with E-state index in [1.807, 2.05) is 23.5 Å². The molecule has 0 radical (unpaired) electrons. The maximum Gasteiger partial charge on any atom is 0.125 e. The summed E-state index contributed by atoms with van der Waals surface area (Å²) in [5.74, 6) is 2.73. The Bertz CT molecular complexity index is 110. The molecule has 0 amide bonds. The van der Waals surface area contributed by atoms with Gasteiger partial charge in [0.15, 0.2) is 0 Å². The van der Waals surface area contributed by atoms with Gasteiger partial charge in [-0.1, -0.05) is 6.92 Å². The van der Waals surface area contributed by atoms with Crippen LogP contribution in [0.4, 0.5) is 0 Å². The number of carbonyl (C=O) groups excluding carboxylic acids is 1. The van der Waals surface area contributed by atoms with E-state index in [-0.39, 0.29) is 5.92 Å². The first-order valence-electron chi connectivity index (χ1n) is 3.57. The summed E-state index contributed by atoms with van der Waals surface area (Å²) in [6.07, 6.45) is 2.10. The summed E-state index contributed by atoms with van der Waals surface area (Å²) in [6, 6.07) is 0. The third-order valence-electron chi connectivity index (χ3n) is 1.64. The van der Waals surface area contributed by atoms with Crippen LogP contribution >= 0.6 is 23.5 Å². The van der Waals surface area contributed by atoms with Gasteiger partial charge in [-0.3, -0.25) is 0 Å². The van der Waals surface area contributed by atoms with E-state index in [2.05, 4.69) is 6.92 Å². The zero-order chi connectivity index (χ0) is 7.40. The fourth-order valence-electron chi connectivity index (χ4n) is 0.977. The highest BCUT2D eigenvalue weighted by Crippen LogP contribution is 2.37. The van der Waals surface area contributed by atoms with Crippen molar-refractivity contribution < 1.29 is 4.79 Å². The lowest BCUT2D eigenvalue weighted by atomic mass is 10.1. The number of thioether (sulfide) groups is 2. The van der Waals surface area contributed by atoms with Gasteiger partial charge in [0.25, 0.3) is 0 Å². The molecule has 1 saturated heterocycles. The molecule has 0 spiro atoms. The van der Waals surface area contributed by atoms with E-state index in [1.165, 1.54) is 11.5 Å². The zero-order valence-electron chi connectivity index (χ0n) is 6.08. The first kappa shape index (κ1) is 8.47. The molecule has 1 heterocycles. The molecular formula is C7H12OS2. The fourth-order valence-corrected chi connectivity index (χ4v) is 4.18. The standard InChI is InChI=1S/C7H12OS2/c1-2-6(5-8)7-9-3-4-10-7/h5-7H,2-4H2,1H3/t6-/m1/s1. The van der Waals surface area contributed by atoms with Crippen molar-refractivity contribution >= 4 is 29.8 Å². The SMILES string of the molecule is CC[C@H](C=O)C1SCCS1. The average Bonchev–Trinajstić information content (AvgIpc) is 2.43. The van der Waals surface area contributed by atoms with Gasteiger partial charge in [0, 0.05) is 17.4 Å². The predicted molar refractivity (Wildman–Crippen MR) is 48.5 cm³/mol. The van der Waals surface area contributed by atoms with E-state index in [0.29, 0.717) is 4.58 Å². The minimum Gasteiger partial charge on any atom is -0.303 e. The summed E-state index contributed by atoms with van der Waals surface area (Å²) in [7, 11) is 0. The lowest BCUT2D eigenvalue weighted by Gasteiger charge is -2.12. The van der Waals surface area contributed by atoms with Crippen LogP contribution in [0.1, 0.15) is 13.3 Å². The number of rotatable bonds is 3. The van der Waals surface area contributed by atoms with Gasteiger partial charge in [0.2, 0.25) is 0 Å². The maximum absolute atomic E-state index is 10.5. The number of hydrogen-bond donors (Lipinski definition) is 0. The molecule has 1 aliphatic rings. The van der Waals surface area contributed by atoms with Gasteiger partial charge in [-0.2, -0.15) is 0 Å². The second-order valence-electron chi connectivity index (χ2n) is 2.32. The summed E-state index contributed by atoms with van der Waals surface area (Å²) in [5, 5.41) is 0. The second-order valence-corrected chi connectivity index (χ2v) is 5.12. The van der Waals surface area contributed by atoms with Crippen molar-refractivity contribution in [3.63, 3.8) is 0 Å². The molecule has 0 aromatic carbocycles. The topological polar surface area (TPSA) is 17.1 Å². The highest BCUT2D eigenvalue weighted by molar-refractivity contribution is 8.20. The molecule has 0 bridgehead atoms. The molecule has 0 unspecified atom stereocenters. The fraction of sp³-hybridized carbons (Fsp3) is 0.857. The molecule has 1 aliphatic heterocycles. The van der Waals surface area contributed by atoms with Crippen molar-refractivity contribution in [1.82, 2.24) is 0 Å². The van der Waals surface area contributed by atoms with Gasteiger partial charge in [0.1, 0.15) is 6.29 Å². The molecule has 0 aromatic rings. The largest absolute Gasteiger partial charge is 0.303 e. The third kappa shape index (κ3) is 1.92. The maximum atomic E-state index is 10.5. The molecule has 1 nitrogen and oxygen atoms in total. The minimum absolute atomic E-state index is 0.289. The summed E-state index contributed by atoms with van der Waals surface area (Å²) in [6.45, 7) is 2.08. The van der Waals surface area contributed by atoms with E-state index in [1.54, 1.807) is 0 Å². The quantitative estimate of drug-likeness (QED) is 0.612. The van der Waals surface area contributed by atoms with Crippen LogP contribution in [0, 0.1) is 5.92 Å². The van der Waals surface area contributed by atoms with E-state index >= 15 is 0 Å². The highest BCUT2D eigenvalue weighted by Gasteiger charge is 2.23. The van der Waals surface area contributed by atoms with Crippen LogP contribution in [0.15, 0.2) is 0 Å². The molecule has 0 aliphatic carbocycles. The Labute approximate surface area is 70.3 Å². The summed E-state index contributed by atoms with van der Waals surface area (Å²) >= 11 is 3.86. The van der Waals surface area contributed by atoms with Crippen LogP contribution in [0.2, 0.25) is 0 Å². The number of aldehydes is 1. The zero-order valence-corrected chi connectivity index (χ0v) is 7.71. The van der Waals surface area contributed by atoms with Gasteiger partial charge in [-0.05, 0) is 6.42 Å². The van der Waals surface area contributed by atoms with Crippen LogP contribution in [0.3, 0.4) is 0 Å². The number of hydrogen-bond acceptors (Lipinski definition) is 3. The summed E-state index contributed by atoms with van der Waals surface area (Å²) in [5.41, 5.74) is 0. The average molecular weight is 176 g/mol. The monoisotopic (exact) mass is 176 g/mol. The normalized spacial score (nSPS) is 22.9. The van der Waals surface area contributed by atoms with Gasteiger partial charge in [-0.15, -0.1) is 23.5 Å². The third-order valence-corrected chi connectivity index (χ3v) is 4.95. The molecule has 1 atom stereocenters. The van der Waals surface area contributed by atoms with Crippen molar-refractivity contribution in [3.8, 4) is 0 Å². The Morgan fingerprint density at radius 3 is 2.60 bits per heavy atom. The van der Waals surface area contributed by atoms with Crippen LogP contribution in [-0.4, -0.2) is 22.4 Å². The smallest absolute Gasteiger partial charge is 0.125 e. The lowest BCUT2D eigenvalue weighted by molar-refractivity contribution is -0.110. The van der Waals surface area contributed by atoms with Gasteiger partial charge in [0.05, 0.1) is 4.58 Å². The van der Waals surface area contributed by atoms with Crippen LogP contribution in [0.25, 0.3) is 0 Å². The van der Waals surface area contributed by atoms with E-state index < -0.39 is 0 Å².